The molecule has 3 saturated heterocycles. The Labute approximate surface area is 139 Å². The Balaban J connectivity index is 0.00000176. The lowest BCUT2D eigenvalue weighted by Gasteiger charge is -2.38. The highest BCUT2D eigenvalue weighted by Gasteiger charge is 2.36. The summed E-state index contributed by atoms with van der Waals surface area (Å²) in [6, 6.07) is 0. The van der Waals surface area contributed by atoms with Gasteiger partial charge in [-0.05, 0) is 44.7 Å². The number of halogens is 1. The zero-order valence-corrected chi connectivity index (χ0v) is 14.2. The summed E-state index contributed by atoms with van der Waals surface area (Å²) in [5, 5.41) is 3.23. The number of carbonyl (C=O) groups excluding carboxylic acids is 2. The van der Waals surface area contributed by atoms with E-state index in [-0.39, 0.29) is 36.1 Å². The lowest BCUT2D eigenvalue weighted by Crippen LogP contribution is -2.53. The van der Waals surface area contributed by atoms with Crippen molar-refractivity contribution in [3.63, 3.8) is 0 Å². The minimum Gasteiger partial charge on any atom is -0.342 e. The summed E-state index contributed by atoms with van der Waals surface area (Å²) in [4.78, 5) is 29.1. The van der Waals surface area contributed by atoms with E-state index in [4.69, 9.17) is 0 Å². The van der Waals surface area contributed by atoms with E-state index in [2.05, 4.69) is 5.32 Å². The molecule has 1 N–H and O–H groups in total. The number of amides is 2. The maximum absolute atomic E-state index is 12.6. The lowest BCUT2D eigenvalue weighted by atomic mass is 9.86. The van der Waals surface area contributed by atoms with Crippen LogP contribution in [0.5, 0.6) is 0 Å². The van der Waals surface area contributed by atoms with Crippen LogP contribution in [0.3, 0.4) is 0 Å². The van der Waals surface area contributed by atoms with Gasteiger partial charge < -0.3 is 15.1 Å². The summed E-state index contributed by atoms with van der Waals surface area (Å²) in [6.45, 7) is 7.24. The van der Waals surface area contributed by atoms with Crippen LogP contribution in [0.2, 0.25) is 0 Å². The molecule has 0 saturated carbocycles. The third-order valence-corrected chi connectivity index (χ3v) is 5.41. The molecule has 0 aromatic heterocycles. The van der Waals surface area contributed by atoms with Gasteiger partial charge >= 0.3 is 0 Å². The molecule has 3 heterocycles. The molecule has 5 nitrogen and oxygen atoms in total. The Morgan fingerprint density at radius 3 is 2.27 bits per heavy atom. The molecule has 126 valence electrons. The predicted molar refractivity (Wildman–Crippen MR) is 87.9 cm³/mol. The number of nitrogens with zero attached hydrogens (tertiary/aromatic N) is 2. The minimum absolute atomic E-state index is 0. The molecule has 3 fully saturated rings. The normalized spacial score (nSPS) is 27.0. The largest absolute Gasteiger partial charge is 0.342 e. The summed E-state index contributed by atoms with van der Waals surface area (Å²) in [5.74, 6) is 1.13. The summed E-state index contributed by atoms with van der Waals surface area (Å²) in [7, 11) is 0. The Morgan fingerprint density at radius 1 is 1.05 bits per heavy atom. The van der Waals surface area contributed by atoms with Crippen molar-refractivity contribution in [3.8, 4) is 0 Å². The van der Waals surface area contributed by atoms with Gasteiger partial charge in [0.15, 0.2) is 0 Å². The Kier molecular flexibility index (Phi) is 6.09. The van der Waals surface area contributed by atoms with Crippen molar-refractivity contribution >= 4 is 24.2 Å². The molecular formula is C16H28ClN3O2. The highest BCUT2D eigenvalue weighted by Crippen LogP contribution is 2.25. The molecule has 3 aliphatic heterocycles. The van der Waals surface area contributed by atoms with E-state index in [0.29, 0.717) is 12.5 Å². The van der Waals surface area contributed by atoms with Crippen molar-refractivity contribution in [1.82, 2.24) is 15.1 Å². The monoisotopic (exact) mass is 329 g/mol. The van der Waals surface area contributed by atoms with Crippen molar-refractivity contribution in [2.24, 2.45) is 17.8 Å². The van der Waals surface area contributed by atoms with E-state index >= 15 is 0 Å². The second-order valence-electron chi connectivity index (χ2n) is 6.86. The van der Waals surface area contributed by atoms with Gasteiger partial charge in [-0.25, -0.2) is 0 Å². The second-order valence-corrected chi connectivity index (χ2v) is 6.86. The summed E-state index contributed by atoms with van der Waals surface area (Å²) >= 11 is 0. The average Bonchev–Trinajstić information content (AvgIpc) is 2.98. The molecule has 22 heavy (non-hydrogen) atoms. The molecular weight excluding hydrogens is 302 g/mol. The second kappa shape index (κ2) is 7.64. The number of rotatable bonds is 3. The van der Waals surface area contributed by atoms with Gasteiger partial charge in [0.2, 0.25) is 11.8 Å². The van der Waals surface area contributed by atoms with E-state index < -0.39 is 0 Å². The minimum atomic E-state index is 0. The summed E-state index contributed by atoms with van der Waals surface area (Å²) < 4.78 is 0. The van der Waals surface area contributed by atoms with E-state index in [0.717, 1.165) is 58.4 Å². The van der Waals surface area contributed by atoms with E-state index in [1.165, 1.54) is 0 Å². The predicted octanol–water partition coefficient (Wildman–Crippen LogP) is 1.12. The Hall–Kier alpha value is -0.810. The number of hydrogen-bond acceptors (Lipinski definition) is 3. The van der Waals surface area contributed by atoms with Gasteiger partial charge in [0.05, 0.1) is 5.92 Å². The summed E-state index contributed by atoms with van der Waals surface area (Å²) in [6.07, 6.45) is 4.17. The molecule has 2 unspecified atom stereocenters. The van der Waals surface area contributed by atoms with E-state index in [9.17, 15) is 9.59 Å². The Bertz CT molecular complexity index is 408. The number of likely N-dealkylation sites (tertiary alicyclic amines) is 2. The maximum Gasteiger partial charge on any atom is 0.227 e. The van der Waals surface area contributed by atoms with Gasteiger partial charge in [-0.3, -0.25) is 9.59 Å². The SMILES string of the molecule is CC(C(=O)N1CCCC(C(=O)N2CCCC2)C1)C1CNC1.Cl. The molecule has 0 aromatic rings. The lowest BCUT2D eigenvalue weighted by molar-refractivity contribution is -0.143. The van der Waals surface area contributed by atoms with Gasteiger partial charge in [0, 0.05) is 32.1 Å². The molecule has 0 radical (unpaired) electrons. The van der Waals surface area contributed by atoms with Crippen molar-refractivity contribution in [1.29, 1.82) is 0 Å². The fraction of sp³-hybridized carbons (Fsp3) is 0.875. The highest BCUT2D eigenvalue weighted by molar-refractivity contribution is 5.85. The van der Waals surface area contributed by atoms with Crippen LogP contribution in [0.1, 0.15) is 32.6 Å². The zero-order valence-electron chi connectivity index (χ0n) is 13.4. The number of carbonyl (C=O) groups is 2. The van der Waals surface area contributed by atoms with Crippen LogP contribution >= 0.6 is 12.4 Å². The van der Waals surface area contributed by atoms with Crippen LogP contribution in [0.15, 0.2) is 0 Å². The van der Waals surface area contributed by atoms with E-state index in [1.807, 2.05) is 16.7 Å². The number of hydrogen-bond donors (Lipinski definition) is 1. The van der Waals surface area contributed by atoms with Gasteiger partial charge in [-0.15, -0.1) is 12.4 Å². The van der Waals surface area contributed by atoms with Crippen LogP contribution in [-0.2, 0) is 9.59 Å². The Morgan fingerprint density at radius 2 is 1.68 bits per heavy atom. The third-order valence-electron chi connectivity index (χ3n) is 5.41. The first-order valence-electron chi connectivity index (χ1n) is 8.45. The van der Waals surface area contributed by atoms with Crippen LogP contribution in [0.25, 0.3) is 0 Å². The topological polar surface area (TPSA) is 52.7 Å². The molecule has 0 bridgehead atoms. The first kappa shape index (κ1) is 17.5. The first-order chi connectivity index (χ1) is 10.2. The van der Waals surface area contributed by atoms with Gasteiger partial charge in [-0.1, -0.05) is 6.92 Å². The van der Waals surface area contributed by atoms with Gasteiger partial charge in [0.25, 0.3) is 0 Å². The first-order valence-corrected chi connectivity index (χ1v) is 8.45. The fourth-order valence-corrected chi connectivity index (χ4v) is 3.73. The standard InChI is InChI=1S/C16H27N3O2.ClH/c1-12(14-9-17-10-14)15(20)19-8-4-5-13(11-19)16(21)18-6-2-3-7-18;/h12-14,17H,2-11H2,1H3;1H. The smallest absolute Gasteiger partial charge is 0.227 e. The molecule has 0 aliphatic carbocycles. The summed E-state index contributed by atoms with van der Waals surface area (Å²) in [5.41, 5.74) is 0. The van der Waals surface area contributed by atoms with Crippen molar-refractivity contribution in [3.05, 3.63) is 0 Å². The molecule has 2 atom stereocenters. The van der Waals surface area contributed by atoms with Crippen LogP contribution in [-0.4, -0.2) is 60.9 Å². The molecule has 6 heteroatoms. The van der Waals surface area contributed by atoms with Crippen molar-refractivity contribution in [2.75, 3.05) is 39.3 Å². The molecule has 3 rings (SSSR count). The number of piperidine rings is 1. The maximum atomic E-state index is 12.6. The fourth-order valence-electron chi connectivity index (χ4n) is 3.73. The van der Waals surface area contributed by atoms with Gasteiger partial charge in [0.1, 0.15) is 0 Å². The van der Waals surface area contributed by atoms with Crippen LogP contribution < -0.4 is 5.32 Å². The number of nitrogens with one attached hydrogen (secondary N) is 1. The van der Waals surface area contributed by atoms with Crippen molar-refractivity contribution in [2.45, 2.75) is 32.6 Å². The molecule has 2 amide bonds. The van der Waals surface area contributed by atoms with Gasteiger partial charge in [-0.2, -0.15) is 0 Å². The molecule has 0 aromatic carbocycles. The zero-order chi connectivity index (χ0) is 14.8. The molecule has 0 spiro atoms. The van der Waals surface area contributed by atoms with E-state index in [1.54, 1.807) is 0 Å². The van der Waals surface area contributed by atoms with Crippen molar-refractivity contribution < 1.29 is 9.59 Å². The quantitative estimate of drug-likeness (QED) is 0.844. The highest BCUT2D eigenvalue weighted by atomic mass is 35.5. The van der Waals surface area contributed by atoms with Crippen LogP contribution in [0.4, 0.5) is 0 Å². The molecule has 3 aliphatic rings. The van der Waals surface area contributed by atoms with Crippen LogP contribution in [0, 0.1) is 17.8 Å². The third kappa shape index (κ3) is 3.57. The average molecular weight is 330 g/mol.